The molecule has 0 saturated carbocycles. The number of benzene rings is 1. The van der Waals surface area contributed by atoms with Crippen molar-refractivity contribution in [3.05, 3.63) is 35.4 Å². The highest BCUT2D eigenvalue weighted by Crippen LogP contribution is 2.44. The normalized spacial score (nSPS) is 20.5. The predicted molar refractivity (Wildman–Crippen MR) is 80.2 cm³/mol. The molecule has 0 heterocycles. The van der Waals surface area contributed by atoms with E-state index in [2.05, 4.69) is 43.4 Å². The van der Waals surface area contributed by atoms with Crippen LogP contribution in [0.15, 0.2) is 24.3 Å². The van der Waals surface area contributed by atoms with E-state index < -0.39 is 0 Å². The van der Waals surface area contributed by atoms with E-state index in [0.29, 0.717) is 18.1 Å². The molecule has 0 amide bonds. The minimum atomic E-state index is 0.314. The van der Waals surface area contributed by atoms with Gasteiger partial charge in [-0.05, 0) is 42.3 Å². The monoisotopic (exact) mass is 261 g/mol. The Kier molecular flexibility index (Phi) is 5.00. The molecule has 106 valence electrons. The summed E-state index contributed by atoms with van der Waals surface area (Å²) in [6.07, 6.45) is 5.67. The number of hydrogen-bond donors (Lipinski definition) is 2. The van der Waals surface area contributed by atoms with E-state index in [4.69, 9.17) is 5.11 Å². The molecule has 1 unspecified atom stereocenters. The van der Waals surface area contributed by atoms with Gasteiger partial charge in [-0.2, -0.15) is 0 Å². The second-order valence-corrected chi connectivity index (χ2v) is 6.39. The summed E-state index contributed by atoms with van der Waals surface area (Å²) < 4.78 is 0. The van der Waals surface area contributed by atoms with Crippen LogP contribution >= 0.6 is 0 Å². The second kappa shape index (κ2) is 6.53. The maximum absolute atomic E-state index is 8.76. The largest absolute Gasteiger partial charge is 0.396 e. The molecule has 2 N–H and O–H groups in total. The van der Waals surface area contributed by atoms with Crippen molar-refractivity contribution in [3.8, 4) is 0 Å². The van der Waals surface area contributed by atoms with Gasteiger partial charge in [-0.1, -0.05) is 51.0 Å². The molecule has 19 heavy (non-hydrogen) atoms. The molecule has 0 saturated heterocycles. The molecule has 1 aliphatic carbocycles. The molecule has 0 fully saturated rings. The Morgan fingerprint density at radius 3 is 2.68 bits per heavy atom. The van der Waals surface area contributed by atoms with Crippen LogP contribution in [0.4, 0.5) is 0 Å². The number of nitrogens with one attached hydrogen (secondary N) is 1. The number of aliphatic hydroxyl groups is 1. The van der Waals surface area contributed by atoms with Crippen LogP contribution in [0.2, 0.25) is 0 Å². The van der Waals surface area contributed by atoms with Crippen molar-refractivity contribution in [1.29, 1.82) is 0 Å². The highest BCUT2D eigenvalue weighted by atomic mass is 16.2. The molecular weight excluding hydrogens is 234 g/mol. The minimum Gasteiger partial charge on any atom is -0.396 e. The van der Waals surface area contributed by atoms with Gasteiger partial charge < -0.3 is 10.4 Å². The standard InChI is InChI=1S/C17H27NO/c1-17(2)13-14-9-5-6-10-15(14)16(17)18-11-7-3-4-8-12-19/h5-6,9-10,16,18-19H,3-4,7-8,11-13H2,1-2H3. The quantitative estimate of drug-likeness (QED) is 0.737. The topological polar surface area (TPSA) is 32.3 Å². The maximum Gasteiger partial charge on any atom is 0.0431 e. The Labute approximate surface area is 117 Å². The van der Waals surface area contributed by atoms with E-state index in [-0.39, 0.29) is 0 Å². The number of hydrogen-bond acceptors (Lipinski definition) is 2. The van der Waals surface area contributed by atoms with Gasteiger partial charge in [0.25, 0.3) is 0 Å². The molecule has 2 heteroatoms. The fraction of sp³-hybridized carbons (Fsp3) is 0.647. The molecule has 0 aliphatic heterocycles. The summed E-state index contributed by atoms with van der Waals surface area (Å²) in [5.41, 5.74) is 3.31. The van der Waals surface area contributed by atoms with Gasteiger partial charge >= 0.3 is 0 Å². The lowest BCUT2D eigenvalue weighted by Crippen LogP contribution is -2.31. The molecule has 2 nitrogen and oxygen atoms in total. The molecule has 1 aliphatic rings. The van der Waals surface area contributed by atoms with E-state index in [1.54, 1.807) is 0 Å². The third kappa shape index (κ3) is 3.58. The summed E-state index contributed by atoms with van der Waals surface area (Å²) in [6.45, 7) is 6.12. The number of unbranched alkanes of at least 4 members (excludes halogenated alkanes) is 3. The van der Waals surface area contributed by atoms with Gasteiger partial charge in [0.1, 0.15) is 0 Å². The highest BCUT2D eigenvalue weighted by molar-refractivity contribution is 5.37. The van der Waals surface area contributed by atoms with Crippen molar-refractivity contribution in [3.63, 3.8) is 0 Å². The van der Waals surface area contributed by atoms with E-state index in [1.807, 2.05) is 0 Å². The lowest BCUT2D eigenvalue weighted by molar-refractivity contribution is 0.265. The van der Waals surface area contributed by atoms with Crippen molar-refractivity contribution < 1.29 is 5.11 Å². The summed E-state index contributed by atoms with van der Waals surface area (Å²) in [6, 6.07) is 9.32. The Balaban J connectivity index is 1.85. The minimum absolute atomic E-state index is 0.314. The summed E-state index contributed by atoms with van der Waals surface area (Å²) in [5, 5.41) is 12.5. The van der Waals surface area contributed by atoms with Gasteiger partial charge in [0, 0.05) is 12.6 Å². The fourth-order valence-corrected chi connectivity index (χ4v) is 3.21. The van der Waals surface area contributed by atoms with Crippen molar-refractivity contribution in [2.24, 2.45) is 5.41 Å². The molecule has 1 aromatic carbocycles. The average molecular weight is 261 g/mol. The first kappa shape index (κ1) is 14.5. The molecule has 1 aromatic rings. The van der Waals surface area contributed by atoms with Crippen LogP contribution in [0.25, 0.3) is 0 Å². The van der Waals surface area contributed by atoms with Crippen molar-refractivity contribution >= 4 is 0 Å². The van der Waals surface area contributed by atoms with Gasteiger partial charge in [0.2, 0.25) is 0 Å². The molecule has 2 rings (SSSR count). The van der Waals surface area contributed by atoms with Crippen molar-refractivity contribution in [2.75, 3.05) is 13.2 Å². The zero-order chi connectivity index (χ0) is 13.7. The number of rotatable bonds is 7. The van der Waals surface area contributed by atoms with Crippen LogP contribution in [0.1, 0.15) is 56.7 Å². The van der Waals surface area contributed by atoms with Crippen LogP contribution in [-0.4, -0.2) is 18.3 Å². The molecule has 0 bridgehead atoms. The summed E-state index contributed by atoms with van der Waals surface area (Å²) >= 11 is 0. The van der Waals surface area contributed by atoms with Crippen LogP contribution in [-0.2, 0) is 6.42 Å². The van der Waals surface area contributed by atoms with Crippen LogP contribution in [0.5, 0.6) is 0 Å². The molecule has 0 radical (unpaired) electrons. The molecule has 1 atom stereocenters. The Morgan fingerprint density at radius 1 is 1.16 bits per heavy atom. The lowest BCUT2D eigenvalue weighted by Gasteiger charge is -2.28. The van der Waals surface area contributed by atoms with Crippen LogP contribution in [0, 0.1) is 5.41 Å². The molecule has 0 aromatic heterocycles. The third-order valence-electron chi connectivity index (χ3n) is 4.23. The Morgan fingerprint density at radius 2 is 1.89 bits per heavy atom. The summed E-state index contributed by atoms with van der Waals surface area (Å²) in [5.74, 6) is 0. The second-order valence-electron chi connectivity index (χ2n) is 6.39. The van der Waals surface area contributed by atoms with E-state index in [0.717, 1.165) is 19.4 Å². The van der Waals surface area contributed by atoms with Crippen molar-refractivity contribution in [2.45, 2.75) is 52.0 Å². The zero-order valence-corrected chi connectivity index (χ0v) is 12.3. The van der Waals surface area contributed by atoms with Crippen LogP contribution < -0.4 is 5.32 Å². The smallest absolute Gasteiger partial charge is 0.0431 e. The number of aliphatic hydroxyl groups excluding tert-OH is 1. The number of fused-ring (bicyclic) bond motifs is 1. The molecular formula is C17H27NO. The van der Waals surface area contributed by atoms with E-state index in [9.17, 15) is 0 Å². The maximum atomic E-state index is 8.76. The van der Waals surface area contributed by atoms with Gasteiger partial charge in [0.05, 0.1) is 0 Å². The Bertz CT molecular complexity index is 400. The SMILES string of the molecule is CC1(C)Cc2ccccc2C1NCCCCCCO. The first-order chi connectivity index (χ1) is 9.15. The summed E-state index contributed by atoms with van der Waals surface area (Å²) in [7, 11) is 0. The lowest BCUT2D eigenvalue weighted by atomic mass is 9.85. The van der Waals surface area contributed by atoms with Gasteiger partial charge in [-0.25, -0.2) is 0 Å². The van der Waals surface area contributed by atoms with Gasteiger partial charge in [-0.15, -0.1) is 0 Å². The zero-order valence-electron chi connectivity index (χ0n) is 12.3. The highest BCUT2D eigenvalue weighted by Gasteiger charge is 2.37. The first-order valence-corrected chi connectivity index (χ1v) is 7.57. The average Bonchev–Trinajstić information content (AvgIpc) is 2.64. The van der Waals surface area contributed by atoms with Crippen molar-refractivity contribution in [1.82, 2.24) is 5.32 Å². The molecule has 0 spiro atoms. The van der Waals surface area contributed by atoms with Gasteiger partial charge in [-0.3, -0.25) is 0 Å². The van der Waals surface area contributed by atoms with E-state index >= 15 is 0 Å². The third-order valence-corrected chi connectivity index (χ3v) is 4.23. The Hall–Kier alpha value is -0.860. The first-order valence-electron chi connectivity index (χ1n) is 7.57. The van der Waals surface area contributed by atoms with Gasteiger partial charge in [0.15, 0.2) is 0 Å². The van der Waals surface area contributed by atoms with Crippen LogP contribution in [0.3, 0.4) is 0 Å². The fourth-order valence-electron chi connectivity index (χ4n) is 3.21. The summed E-state index contributed by atoms with van der Waals surface area (Å²) in [4.78, 5) is 0. The van der Waals surface area contributed by atoms with E-state index in [1.165, 1.54) is 30.4 Å². The predicted octanol–water partition coefficient (Wildman–Crippen LogP) is 3.45.